The second-order valence-corrected chi connectivity index (χ2v) is 6.12. The minimum Gasteiger partial charge on any atom is -0.466 e. The molecule has 1 aliphatic rings. The van der Waals surface area contributed by atoms with Gasteiger partial charge in [-0.2, -0.15) is 0 Å². The zero-order valence-electron chi connectivity index (χ0n) is 12.9. The first-order valence-electron chi connectivity index (χ1n) is 7.89. The van der Waals surface area contributed by atoms with Gasteiger partial charge in [0.25, 0.3) is 0 Å². The second kappa shape index (κ2) is 5.53. The Balaban J connectivity index is 1.36. The summed E-state index contributed by atoms with van der Waals surface area (Å²) in [7, 11) is 0. The molecule has 1 N–H and O–H groups in total. The molecule has 1 amide bonds. The molecule has 118 valence electrons. The van der Waals surface area contributed by atoms with Crippen LogP contribution in [0.4, 0.5) is 5.95 Å². The van der Waals surface area contributed by atoms with Crippen LogP contribution in [0.1, 0.15) is 37.2 Å². The van der Waals surface area contributed by atoms with E-state index in [1.807, 2.05) is 36.5 Å². The van der Waals surface area contributed by atoms with Gasteiger partial charge in [-0.15, -0.1) is 10.2 Å². The van der Waals surface area contributed by atoms with E-state index in [1.54, 1.807) is 4.40 Å². The van der Waals surface area contributed by atoms with Crippen molar-refractivity contribution in [1.82, 2.24) is 14.6 Å². The van der Waals surface area contributed by atoms with Crippen LogP contribution in [0.2, 0.25) is 0 Å². The van der Waals surface area contributed by atoms with Gasteiger partial charge in [-0.25, -0.2) is 0 Å². The quantitative estimate of drug-likeness (QED) is 0.786. The van der Waals surface area contributed by atoms with Crippen LogP contribution in [-0.2, 0) is 11.2 Å². The molecule has 0 radical (unpaired) electrons. The minimum absolute atomic E-state index is 0.0964. The highest BCUT2D eigenvalue weighted by molar-refractivity contribution is 5.89. The van der Waals surface area contributed by atoms with E-state index in [4.69, 9.17) is 4.42 Å². The summed E-state index contributed by atoms with van der Waals surface area (Å²) in [5.41, 5.74) is 0.706. The average Bonchev–Trinajstić information content (AvgIpc) is 2.98. The predicted octanol–water partition coefficient (Wildman–Crippen LogP) is 3.02. The SMILES string of the molecule is CC1CC1c1ccc(CCC(=O)Nc2nnc3ccccn23)o1. The van der Waals surface area contributed by atoms with Gasteiger partial charge in [-0.05, 0) is 36.6 Å². The predicted molar refractivity (Wildman–Crippen MR) is 85.2 cm³/mol. The van der Waals surface area contributed by atoms with Crippen LogP contribution >= 0.6 is 0 Å². The molecular formula is C17H18N4O2. The third kappa shape index (κ3) is 2.84. The standard InChI is InChI=1S/C17H18N4O2/c1-11-10-13(11)14-7-5-12(23-14)6-8-16(22)18-17-20-19-15-4-2-3-9-21(15)17/h2-5,7,9,11,13H,6,8,10H2,1H3,(H,18,20,22). The van der Waals surface area contributed by atoms with E-state index in [9.17, 15) is 4.79 Å². The Bertz CT molecular complexity index is 851. The van der Waals surface area contributed by atoms with Gasteiger partial charge in [0.15, 0.2) is 5.65 Å². The van der Waals surface area contributed by atoms with E-state index >= 15 is 0 Å². The summed E-state index contributed by atoms with van der Waals surface area (Å²) in [4.78, 5) is 12.1. The number of nitrogens with zero attached hydrogens (tertiary/aromatic N) is 3. The number of carbonyl (C=O) groups is 1. The fourth-order valence-electron chi connectivity index (χ4n) is 2.80. The van der Waals surface area contributed by atoms with Crippen LogP contribution in [0.5, 0.6) is 0 Å². The first-order chi connectivity index (χ1) is 11.2. The molecule has 1 saturated carbocycles. The fourth-order valence-corrected chi connectivity index (χ4v) is 2.80. The Labute approximate surface area is 133 Å². The Morgan fingerprint density at radius 3 is 3.04 bits per heavy atom. The third-order valence-electron chi connectivity index (χ3n) is 4.32. The zero-order valence-corrected chi connectivity index (χ0v) is 12.9. The van der Waals surface area contributed by atoms with E-state index in [-0.39, 0.29) is 5.91 Å². The van der Waals surface area contributed by atoms with Gasteiger partial charge in [-0.1, -0.05) is 13.0 Å². The van der Waals surface area contributed by atoms with Gasteiger partial charge in [0.1, 0.15) is 11.5 Å². The lowest BCUT2D eigenvalue weighted by Crippen LogP contribution is -2.14. The van der Waals surface area contributed by atoms with Crippen LogP contribution in [0.3, 0.4) is 0 Å². The molecule has 0 aromatic carbocycles. The summed E-state index contributed by atoms with van der Waals surface area (Å²) in [5.74, 6) is 3.55. The molecule has 4 rings (SSSR count). The number of fused-ring (bicyclic) bond motifs is 1. The number of amides is 1. The summed E-state index contributed by atoms with van der Waals surface area (Å²) in [5, 5.41) is 10.8. The van der Waals surface area contributed by atoms with E-state index < -0.39 is 0 Å². The highest BCUT2D eigenvalue weighted by Crippen LogP contribution is 2.47. The van der Waals surface area contributed by atoms with E-state index in [2.05, 4.69) is 22.4 Å². The van der Waals surface area contributed by atoms with Crippen molar-refractivity contribution in [3.63, 3.8) is 0 Å². The second-order valence-electron chi connectivity index (χ2n) is 6.12. The van der Waals surface area contributed by atoms with Crippen molar-refractivity contribution in [3.05, 3.63) is 48.0 Å². The first kappa shape index (κ1) is 14.0. The van der Waals surface area contributed by atoms with E-state index in [1.165, 1.54) is 6.42 Å². The first-order valence-corrected chi connectivity index (χ1v) is 7.89. The van der Waals surface area contributed by atoms with Crippen molar-refractivity contribution in [3.8, 4) is 0 Å². The Hall–Kier alpha value is -2.63. The molecule has 2 unspecified atom stereocenters. The third-order valence-corrected chi connectivity index (χ3v) is 4.32. The monoisotopic (exact) mass is 310 g/mol. The van der Waals surface area contributed by atoms with Crippen LogP contribution in [0.25, 0.3) is 5.65 Å². The van der Waals surface area contributed by atoms with Gasteiger partial charge >= 0.3 is 0 Å². The number of aromatic nitrogens is 3. The molecule has 6 nitrogen and oxygen atoms in total. The van der Waals surface area contributed by atoms with Crippen molar-refractivity contribution < 1.29 is 9.21 Å². The maximum Gasteiger partial charge on any atom is 0.235 e. The van der Waals surface area contributed by atoms with Crippen molar-refractivity contribution >= 4 is 17.5 Å². The molecule has 23 heavy (non-hydrogen) atoms. The van der Waals surface area contributed by atoms with Gasteiger partial charge in [0.2, 0.25) is 11.9 Å². The number of hydrogen-bond acceptors (Lipinski definition) is 4. The summed E-state index contributed by atoms with van der Waals surface area (Å²) in [6, 6.07) is 9.60. The molecule has 1 aliphatic carbocycles. The number of anilines is 1. The maximum atomic E-state index is 12.1. The number of aryl methyl sites for hydroxylation is 1. The zero-order chi connectivity index (χ0) is 15.8. The number of carbonyl (C=O) groups excluding carboxylic acids is 1. The summed E-state index contributed by atoms with van der Waals surface area (Å²) >= 11 is 0. The lowest BCUT2D eigenvalue weighted by Gasteiger charge is -2.02. The van der Waals surface area contributed by atoms with E-state index in [0.717, 1.165) is 17.4 Å². The average molecular weight is 310 g/mol. The number of pyridine rings is 1. The van der Waals surface area contributed by atoms with Crippen molar-refractivity contribution in [2.24, 2.45) is 5.92 Å². The number of hydrogen-bond donors (Lipinski definition) is 1. The molecule has 3 aromatic rings. The highest BCUT2D eigenvalue weighted by Gasteiger charge is 2.36. The topological polar surface area (TPSA) is 72.4 Å². The van der Waals surface area contributed by atoms with Crippen LogP contribution in [0, 0.1) is 5.92 Å². The van der Waals surface area contributed by atoms with E-state index in [0.29, 0.717) is 30.4 Å². The Morgan fingerprint density at radius 2 is 2.22 bits per heavy atom. The largest absolute Gasteiger partial charge is 0.466 e. The molecule has 6 heteroatoms. The van der Waals surface area contributed by atoms with Crippen LogP contribution < -0.4 is 5.32 Å². The van der Waals surface area contributed by atoms with Gasteiger partial charge in [-0.3, -0.25) is 14.5 Å². The Kier molecular flexibility index (Phi) is 3.37. The summed E-state index contributed by atoms with van der Waals surface area (Å²) in [6.07, 6.45) is 3.96. The fraction of sp³-hybridized carbons (Fsp3) is 0.353. The molecule has 3 aromatic heterocycles. The highest BCUT2D eigenvalue weighted by atomic mass is 16.3. The number of nitrogens with one attached hydrogen (secondary N) is 1. The normalized spacial score (nSPS) is 19.9. The maximum absolute atomic E-state index is 12.1. The van der Waals surface area contributed by atoms with Crippen molar-refractivity contribution in [2.45, 2.75) is 32.1 Å². The lowest BCUT2D eigenvalue weighted by atomic mass is 10.2. The molecule has 0 bridgehead atoms. The van der Waals surface area contributed by atoms with Crippen molar-refractivity contribution in [2.75, 3.05) is 5.32 Å². The van der Waals surface area contributed by atoms with Crippen LogP contribution in [0.15, 0.2) is 40.9 Å². The molecule has 0 spiro atoms. The molecule has 1 fully saturated rings. The number of furan rings is 1. The number of rotatable bonds is 5. The lowest BCUT2D eigenvalue weighted by molar-refractivity contribution is -0.116. The molecular weight excluding hydrogens is 292 g/mol. The van der Waals surface area contributed by atoms with Crippen LogP contribution in [-0.4, -0.2) is 20.5 Å². The molecule has 0 saturated heterocycles. The van der Waals surface area contributed by atoms with Gasteiger partial charge in [0, 0.05) is 25.0 Å². The van der Waals surface area contributed by atoms with Crippen molar-refractivity contribution in [1.29, 1.82) is 0 Å². The smallest absolute Gasteiger partial charge is 0.235 e. The Morgan fingerprint density at radius 1 is 1.35 bits per heavy atom. The minimum atomic E-state index is -0.0964. The molecule has 0 aliphatic heterocycles. The summed E-state index contributed by atoms with van der Waals surface area (Å²) < 4.78 is 7.57. The molecule has 2 atom stereocenters. The van der Waals surface area contributed by atoms with Gasteiger partial charge in [0.05, 0.1) is 0 Å². The summed E-state index contributed by atoms with van der Waals surface area (Å²) in [6.45, 7) is 2.23. The van der Waals surface area contributed by atoms with Gasteiger partial charge < -0.3 is 4.42 Å². The molecule has 3 heterocycles.